The molecule has 1 N–H and O–H groups in total. The predicted molar refractivity (Wildman–Crippen MR) is 74.7 cm³/mol. The van der Waals surface area contributed by atoms with Crippen LogP contribution in [0.2, 0.25) is 0 Å². The minimum absolute atomic E-state index is 0.101. The van der Waals surface area contributed by atoms with Gasteiger partial charge < -0.3 is 14.8 Å². The van der Waals surface area contributed by atoms with E-state index in [4.69, 9.17) is 9.47 Å². The first-order chi connectivity index (χ1) is 10.6. The van der Waals surface area contributed by atoms with E-state index in [1.807, 2.05) is 0 Å². The fraction of sp³-hybridized carbons (Fsp3) is 0.231. The Morgan fingerprint density at radius 1 is 1.41 bits per heavy atom. The molecule has 9 heteroatoms. The molecule has 2 aromatic rings. The van der Waals surface area contributed by atoms with Gasteiger partial charge in [-0.25, -0.2) is 0 Å². The van der Waals surface area contributed by atoms with Crippen molar-refractivity contribution in [2.75, 3.05) is 12.1 Å². The van der Waals surface area contributed by atoms with Gasteiger partial charge in [0.15, 0.2) is 11.5 Å². The second-order valence-corrected chi connectivity index (χ2v) is 4.58. The topological polar surface area (TPSA) is 109 Å². The Kier molecular flexibility index (Phi) is 3.60. The van der Waals surface area contributed by atoms with Crippen molar-refractivity contribution in [2.45, 2.75) is 13.0 Å². The summed E-state index contributed by atoms with van der Waals surface area (Å²) in [6.07, 6.45) is 2.58. The molecule has 0 spiro atoms. The summed E-state index contributed by atoms with van der Waals surface area (Å²) in [4.78, 5) is 21.9. The highest BCUT2D eigenvalue weighted by molar-refractivity contribution is 5.91. The van der Waals surface area contributed by atoms with Crippen LogP contribution in [-0.2, 0) is 11.3 Å². The Morgan fingerprint density at radius 3 is 3.00 bits per heavy atom. The molecule has 0 atom stereocenters. The number of benzene rings is 1. The molecule has 0 saturated heterocycles. The summed E-state index contributed by atoms with van der Waals surface area (Å²) in [6.45, 7) is 0.426. The molecule has 1 aromatic carbocycles. The maximum Gasteiger partial charge on any atom is 0.306 e. The second-order valence-electron chi connectivity index (χ2n) is 4.58. The number of nitrogens with zero attached hydrogens (tertiary/aromatic N) is 3. The number of ether oxygens (including phenoxy) is 2. The van der Waals surface area contributed by atoms with Gasteiger partial charge in [-0.2, -0.15) is 5.10 Å². The Balaban J connectivity index is 1.55. The Morgan fingerprint density at radius 2 is 2.23 bits per heavy atom. The zero-order valence-electron chi connectivity index (χ0n) is 11.4. The summed E-state index contributed by atoms with van der Waals surface area (Å²) in [5.41, 5.74) is 0.497. The highest BCUT2D eigenvalue weighted by Gasteiger charge is 2.14. The number of carbonyl (C=O) groups excluding carboxylic acids is 1. The number of fused-ring (bicyclic) bond motifs is 1. The number of carbonyl (C=O) groups is 1. The third-order valence-corrected chi connectivity index (χ3v) is 3.05. The minimum atomic E-state index is -0.532. The monoisotopic (exact) mass is 304 g/mol. The average Bonchev–Trinajstić information content (AvgIpc) is 3.13. The number of hydrogen-bond acceptors (Lipinski definition) is 6. The quantitative estimate of drug-likeness (QED) is 0.663. The number of nitro groups is 1. The van der Waals surface area contributed by atoms with Crippen LogP contribution in [0.3, 0.4) is 0 Å². The summed E-state index contributed by atoms with van der Waals surface area (Å²) in [6, 6.07) is 5.11. The molecule has 1 aromatic heterocycles. The summed E-state index contributed by atoms with van der Waals surface area (Å²) in [5, 5.41) is 17.1. The number of aryl methyl sites for hydroxylation is 1. The lowest BCUT2D eigenvalue weighted by atomic mass is 10.2. The van der Waals surface area contributed by atoms with E-state index in [1.54, 1.807) is 18.2 Å². The number of amides is 1. The molecule has 114 valence electrons. The molecule has 22 heavy (non-hydrogen) atoms. The first kappa shape index (κ1) is 13.9. The second kappa shape index (κ2) is 5.72. The standard InChI is InChI=1S/C13H12N4O5/c18-13(3-4-16-7-10(6-14-16)17(19)20)15-9-1-2-11-12(5-9)22-8-21-11/h1-2,5-7H,3-4,8H2,(H,15,18). The lowest BCUT2D eigenvalue weighted by Gasteiger charge is -2.06. The molecule has 0 saturated carbocycles. The van der Waals surface area contributed by atoms with Gasteiger partial charge in [0.25, 0.3) is 0 Å². The largest absolute Gasteiger partial charge is 0.454 e. The third-order valence-electron chi connectivity index (χ3n) is 3.05. The van der Waals surface area contributed by atoms with Gasteiger partial charge in [-0.3, -0.25) is 19.6 Å². The van der Waals surface area contributed by atoms with E-state index in [9.17, 15) is 14.9 Å². The van der Waals surface area contributed by atoms with E-state index >= 15 is 0 Å². The molecule has 1 aliphatic rings. The zero-order valence-corrected chi connectivity index (χ0v) is 11.4. The number of nitrogens with one attached hydrogen (secondary N) is 1. The molecular weight excluding hydrogens is 292 g/mol. The number of anilines is 1. The minimum Gasteiger partial charge on any atom is -0.454 e. The fourth-order valence-electron chi connectivity index (χ4n) is 1.98. The van der Waals surface area contributed by atoms with Crippen molar-refractivity contribution in [1.82, 2.24) is 9.78 Å². The molecule has 1 amide bonds. The molecule has 2 heterocycles. The van der Waals surface area contributed by atoms with Crippen LogP contribution in [0.4, 0.5) is 11.4 Å². The van der Waals surface area contributed by atoms with Crippen molar-refractivity contribution in [3.05, 3.63) is 40.7 Å². The lowest BCUT2D eigenvalue weighted by molar-refractivity contribution is -0.385. The van der Waals surface area contributed by atoms with E-state index in [1.165, 1.54) is 10.9 Å². The van der Waals surface area contributed by atoms with Crippen LogP contribution in [0.1, 0.15) is 6.42 Å². The van der Waals surface area contributed by atoms with Crippen molar-refractivity contribution in [2.24, 2.45) is 0 Å². The molecule has 0 unspecified atom stereocenters. The van der Waals surface area contributed by atoms with Crippen LogP contribution in [0.15, 0.2) is 30.6 Å². The van der Waals surface area contributed by atoms with Crippen molar-refractivity contribution in [3.63, 3.8) is 0 Å². The fourth-order valence-corrected chi connectivity index (χ4v) is 1.98. The predicted octanol–water partition coefficient (Wildman–Crippen LogP) is 1.55. The zero-order chi connectivity index (χ0) is 15.5. The van der Waals surface area contributed by atoms with Gasteiger partial charge >= 0.3 is 5.69 Å². The maximum atomic E-state index is 11.9. The highest BCUT2D eigenvalue weighted by atomic mass is 16.7. The van der Waals surface area contributed by atoms with E-state index in [-0.39, 0.29) is 31.4 Å². The Bertz CT molecular complexity index is 727. The molecule has 0 fully saturated rings. The van der Waals surface area contributed by atoms with Crippen LogP contribution in [0, 0.1) is 10.1 Å². The average molecular weight is 304 g/mol. The summed E-state index contributed by atoms with van der Waals surface area (Å²) < 4.78 is 11.8. The van der Waals surface area contributed by atoms with Crippen molar-refractivity contribution in [3.8, 4) is 11.5 Å². The molecular formula is C13H12N4O5. The van der Waals surface area contributed by atoms with Crippen LogP contribution in [0.25, 0.3) is 0 Å². The van der Waals surface area contributed by atoms with Crippen LogP contribution in [-0.4, -0.2) is 27.4 Å². The van der Waals surface area contributed by atoms with Crippen molar-refractivity contribution in [1.29, 1.82) is 0 Å². The van der Waals surface area contributed by atoms with Gasteiger partial charge in [0.05, 0.1) is 4.92 Å². The van der Waals surface area contributed by atoms with Gasteiger partial charge in [-0.15, -0.1) is 0 Å². The summed E-state index contributed by atoms with van der Waals surface area (Å²) in [5.74, 6) is 0.999. The van der Waals surface area contributed by atoms with Crippen LogP contribution < -0.4 is 14.8 Å². The van der Waals surface area contributed by atoms with Gasteiger partial charge in [0, 0.05) is 24.7 Å². The van der Waals surface area contributed by atoms with Gasteiger partial charge in [-0.1, -0.05) is 0 Å². The van der Waals surface area contributed by atoms with Gasteiger partial charge in [0.1, 0.15) is 12.4 Å². The molecule has 0 aliphatic carbocycles. The van der Waals surface area contributed by atoms with Gasteiger partial charge in [-0.05, 0) is 12.1 Å². The lowest BCUT2D eigenvalue weighted by Crippen LogP contribution is -2.14. The van der Waals surface area contributed by atoms with E-state index in [0.717, 1.165) is 6.20 Å². The molecule has 1 aliphatic heterocycles. The molecule has 0 bridgehead atoms. The highest BCUT2D eigenvalue weighted by Crippen LogP contribution is 2.34. The molecule has 0 radical (unpaired) electrons. The van der Waals surface area contributed by atoms with Crippen molar-refractivity contribution < 1.29 is 19.2 Å². The third kappa shape index (κ3) is 2.97. The maximum absolute atomic E-state index is 11.9. The Labute approximate surface area is 124 Å². The van der Waals surface area contributed by atoms with Gasteiger partial charge in [0.2, 0.25) is 12.7 Å². The number of hydrogen-bond donors (Lipinski definition) is 1. The number of rotatable bonds is 5. The smallest absolute Gasteiger partial charge is 0.306 e. The van der Waals surface area contributed by atoms with E-state index < -0.39 is 4.92 Å². The van der Waals surface area contributed by atoms with Crippen molar-refractivity contribution >= 4 is 17.3 Å². The first-order valence-electron chi connectivity index (χ1n) is 6.48. The Hall–Kier alpha value is -3.10. The normalized spacial score (nSPS) is 12.2. The first-order valence-corrected chi connectivity index (χ1v) is 6.48. The molecule has 3 rings (SSSR count). The van der Waals surface area contributed by atoms with Crippen LogP contribution in [0.5, 0.6) is 11.5 Å². The SMILES string of the molecule is O=C(CCn1cc([N+](=O)[O-])cn1)Nc1ccc2c(c1)OCO2. The van der Waals surface area contributed by atoms with Crippen LogP contribution >= 0.6 is 0 Å². The number of aromatic nitrogens is 2. The van der Waals surface area contributed by atoms with E-state index in [0.29, 0.717) is 17.2 Å². The summed E-state index contributed by atoms with van der Waals surface area (Å²) in [7, 11) is 0. The van der Waals surface area contributed by atoms with E-state index in [2.05, 4.69) is 10.4 Å². The molecule has 9 nitrogen and oxygen atoms in total. The summed E-state index contributed by atoms with van der Waals surface area (Å²) >= 11 is 0.